The summed E-state index contributed by atoms with van der Waals surface area (Å²) >= 11 is 0. The number of carbonyl (C=O) groups is 3. The fourth-order valence-electron chi connectivity index (χ4n) is 3.81. The summed E-state index contributed by atoms with van der Waals surface area (Å²) in [7, 11) is 0. The molecule has 1 unspecified atom stereocenters. The van der Waals surface area contributed by atoms with E-state index in [4.69, 9.17) is 0 Å². The van der Waals surface area contributed by atoms with Crippen LogP contribution in [0.15, 0.2) is 30.3 Å². The molecule has 3 amide bonds. The number of H-pyrrole nitrogens is 1. The summed E-state index contributed by atoms with van der Waals surface area (Å²) in [5, 5.41) is 17.7. The fourth-order valence-corrected chi connectivity index (χ4v) is 3.81. The van der Waals surface area contributed by atoms with E-state index < -0.39 is 5.92 Å². The molecule has 1 aliphatic heterocycles. The smallest absolute Gasteiger partial charge is 0.247 e. The molecule has 1 atom stereocenters. The number of fused-ring (bicyclic) bond motifs is 1. The van der Waals surface area contributed by atoms with Gasteiger partial charge in [-0.2, -0.15) is 10.2 Å². The van der Waals surface area contributed by atoms with Crippen molar-refractivity contribution in [1.82, 2.24) is 25.3 Å². The van der Waals surface area contributed by atoms with Crippen LogP contribution in [0.2, 0.25) is 0 Å². The zero-order chi connectivity index (χ0) is 20.0. The van der Waals surface area contributed by atoms with E-state index in [0.717, 1.165) is 29.4 Å². The number of rotatable bonds is 5. The van der Waals surface area contributed by atoms with Crippen LogP contribution in [0.3, 0.4) is 0 Å². The molecule has 0 radical (unpaired) electrons. The number of piperidine rings is 1. The molecular formula is C20H20N6O3. The van der Waals surface area contributed by atoms with Crippen LogP contribution in [0.1, 0.15) is 48.9 Å². The Kier molecular flexibility index (Phi) is 4.15. The molecule has 9 nitrogen and oxygen atoms in total. The van der Waals surface area contributed by atoms with Crippen molar-refractivity contribution in [2.75, 3.05) is 5.32 Å². The van der Waals surface area contributed by atoms with Crippen LogP contribution in [0.5, 0.6) is 0 Å². The zero-order valence-corrected chi connectivity index (χ0v) is 15.6. The highest BCUT2D eigenvalue weighted by atomic mass is 16.2. The lowest BCUT2D eigenvalue weighted by atomic mass is 9.93. The topological polar surface area (TPSA) is 122 Å². The number of para-hydroxylation sites is 1. The van der Waals surface area contributed by atoms with Gasteiger partial charge < -0.3 is 5.32 Å². The number of carbonyl (C=O) groups excluding carboxylic acids is 3. The van der Waals surface area contributed by atoms with Crippen LogP contribution in [-0.4, -0.2) is 37.7 Å². The quantitative estimate of drug-likeness (QED) is 0.572. The summed E-state index contributed by atoms with van der Waals surface area (Å²) in [6.45, 7) is -0.000590. The van der Waals surface area contributed by atoms with E-state index in [1.165, 1.54) is 0 Å². The molecule has 1 aliphatic carbocycles. The highest BCUT2D eigenvalue weighted by Gasteiger charge is 2.32. The summed E-state index contributed by atoms with van der Waals surface area (Å²) in [6.07, 6.45) is 2.99. The van der Waals surface area contributed by atoms with Crippen molar-refractivity contribution < 1.29 is 14.4 Å². The molecule has 1 saturated carbocycles. The number of hydrogen-bond acceptors (Lipinski definition) is 5. The SMILES string of the molecule is O=C1CCC(c2nn(CC(=O)Nc3cc(C4CC4)[nH]n3)c3ccccc23)C(=O)N1. The second kappa shape index (κ2) is 6.84. The number of nitrogens with zero attached hydrogens (tertiary/aromatic N) is 3. The summed E-state index contributed by atoms with van der Waals surface area (Å²) < 4.78 is 1.60. The van der Waals surface area contributed by atoms with Crippen LogP contribution in [0.25, 0.3) is 10.9 Å². The van der Waals surface area contributed by atoms with Crippen LogP contribution in [0, 0.1) is 0 Å². The summed E-state index contributed by atoms with van der Waals surface area (Å²) in [5.41, 5.74) is 2.40. The van der Waals surface area contributed by atoms with Gasteiger partial charge in [0.15, 0.2) is 5.82 Å². The van der Waals surface area contributed by atoms with E-state index >= 15 is 0 Å². The van der Waals surface area contributed by atoms with Crippen molar-refractivity contribution >= 4 is 34.4 Å². The minimum atomic E-state index is -0.505. The van der Waals surface area contributed by atoms with E-state index in [9.17, 15) is 14.4 Å². The lowest BCUT2D eigenvalue weighted by molar-refractivity contribution is -0.134. The Balaban J connectivity index is 1.38. The number of anilines is 1. The van der Waals surface area contributed by atoms with Crippen molar-refractivity contribution in [2.45, 2.75) is 44.1 Å². The molecule has 0 spiro atoms. The third-order valence-electron chi connectivity index (χ3n) is 5.43. The average molecular weight is 392 g/mol. The molecular weight excluding hydrogens is 372 g/mol. The number of imide groups is 1. The third-order valence-corrected chi connectivity index (χ3v) is 5.43. The van der Waals surface area contributed by atoms with E-state index in [2.05, 4.69) is 25.9 Å². The van der Waals surface area contributed by atoms with Gasteiger partial charge in [-0.25, -0.2) is 0 Å². The Morgan fingerprint density at radius 1 is 1.21 bits per heavy atom. The molecule has 2 fully saturated rings. The first kappa shape index (κ1) is 17.6. The molecule has 3 heterocycles. The van der Waals surface area contributed by atoms with Gasteiger partial charge in [-0.05, 0) is 25.3 Å². The summed E-state index contributed by atoms with van der Waals surface area (Å²) in [4.78, 5) is 36.3. The normalized spacial score (nSPS) is 19.4. The standard InChI is InChI=1S/C20H20N6O3/c27-17-8-7-13(20(29)22-17)19-12-3-1-2-4-15(12)26(25-19)10-18(28)21-16-9-14(23-24-16)11-5-6-11/h1-4,9,11,13H,5-8,10H2,(H,22,27,29)(H2,21,23,24,28). The first-order valence-electron chi connectivity index (χ1n) is 9.73. The zero-order valence-electron chi connectivity index (χ0n) is 15.6. The van der Waals surface area contributed by atoms with Crippen LogP contribution >= 0.6 is 0 Å². The summed E-state index contributed by atoms with van der Waals surface area (Å²) in [6, 6.07) is 9.34. The van der Waals surface area contributed by atoms with E-state index in [0.29, 0.717) is 23.9 Å². The van der Waals surface area contributed by atoms with Crippen molar-refractivity contribution in [3.63, 3.8) is 0 Å². The average Bonchev–Trinajstić information content (AvgIpc) is 3.35. The molecule has 1 aromatic carbocycles. The number of amides is 3. The second-order valence-corrected chi connectivity index (χ2v) is 7.59. The maximum Gasteiger partial charge on any atom is 0.247 e. The lowest BCUT2D eigenvalue weighted by Crippen LogP contribution is -2.39. The monoisotopic (exact) mass is 392 g/mol. The molecule has 2 aliphatic rings. The minimum absolute atomic E-state index is 0.000590. The Bertz CT molecular complexity index is 1130. The maximum atomic E-state index is 12.6. The lowest BCUT2D eigenvalue weighted by Gasteiger charge is -2.19. The van der Waals surface area contributed by atoms with Gasteiger partial charge in [0.2, 0.25) is 17.7 Å². The number of hydrogen-bond donors (Lipinski definition) is 3. The predicted octanol–water partition coefficient (Wildman–Crippen LogP) is 1.80. The van der Waals surface area contributed by atoms with Gasteiger partial charge in [0.25, 0.3) is 0 Å². The summed E-state index contributed by atoms with van der Waals surface area (Å²) in [5.74, 6) is -0.335. The highest BCUT2D eigenvalue weighted by Crippen LogP contribution is 2.39. The van der Waals surface area contributed by atoms with E-state index in [1.807, 2.05) is 30.3 Å². The molecule has 3 aromatic rings. The van der Waals surface area contributed by atoms with Gasteiger partial charge in [0, 0.05) is 29.5 Å². The molecule has 9 heteroatoms. The van der Waals surface area contributed by atoms with Crippen molar-refractivity contribution in [3.8, 4) is 0 Å². The number of nitrogens with one attached hydrogen (secondary N) is 3. The molecule has 29 heavy (non-hydrogen) atoms. The van der Waals surface area contributed by atoms with Gasteiger partial charge >= 0.3 is 0 Å². The minimum Gasteiger partial charge on any atom is -0.308 e. The van der Waals surface area contributed by atoms with E-state index in [1.54, 1.807) is 4.68 Å². The van der Waals surface area contributed by atoms with Gasteiger partial charge in [-0.1, -0.05) is 18.2 Å². The first-order valence-corrected chi connectivity index (χ1v) is 9.73. The molecule has 1 saturated heterocycles. The largest absolute Gasteiger partial charge is 0.308 e. The Morgan fingerprint density at radius 2 is 2.03 bits per heavy atom. The molecule has 3 N–H and O–H groups in total. The van der Waals surface area contributed by atoms with Crippen LogP contribution < -0.4 is 10.6 Å². The van der Waals surface area contributed by atoms with Gasteiger partial charge in [-0.3, -0.25) is 29.5 Å². The van der Waals surface area contributed by atoms with Gasteiger partial charge in [0.05, 0.1) is 17.1 Å². The number of aromatic amines is 1. The fraction of sp³-hybridized carbons (Fsp3) is 0.350. The van der Waals surface area contributed by atoms with Gasteiger partial charge in [0.1, 0.15) is 6.54 Å². The maximum absolute atomic E-state index is 12.6. The Morgan fingerprint density at radius 3 is 2.83 bits per heavy atom. The molecule has 148 valence electrons. The molecule has 5 rings (SSSR count). The second-order valence-electron chi connectivity index (χ2n) is 7.59. The first-order chi connectivity index (χ1) is 14.1. The number of aromatic nitrogens is 4. The van der Waals surface area contributed by atoms with Gasteiger partial charge in [-0.15, -0.1) is 0 Å². The molecule has 0 bridgehead atoms. The van der Waals surface area contributed by atoms with Crippen molar-refractivity contribution in [3.05, 3.63) is 41.7 Å². The predicted molar refractivity (Wildman–Crippen MR) is 104 cm³/mol. The third kappa shape index (κ3) is 3.39. The van der Waals surface area contributed by atoms with Crippen LogP contribution in [0.4, 0.5) is 5.82 Å². The molecule has 2 aromatic heterocycles. The van der Waals surface area contributed by atoms with E-state index in [-0.39, 0.29) is 30.7 Å². The van der Waals surface area contributed by atoms with Crippen molar-refractivity contribution in [1.29, 1.82) is 0 Å². The highest BCUT2D eigenvalue weighted by molar-refractivity contribution is 6.02. The Labute approximate surface area is 165 Å². The Hall–Kier alpha value is -3.49. The number of benzene rings is 1. The van der Waals surface area contributed by atoms with Crippen LogP contribution in [-0.2, 0) is 20.9 Å². The van der Waals surface area contributed by atoms with Crippen molar-refractivity contribution in [2.24, 2.45) is 0 Å².